The topological polar surface area (TPSA) is 61.8 Å². The van der Waals surface area contributed by atoms with Crippen LogP contribution in [0.2, 0.25) is 0 Å². The Morgan fingerprint density at radius 1 is 1.15 bits per heavy atom. The van der Waals surface area contributed by atoms with Gasteiger partial charge in [-0.1, -0.05) is 12.1 Å². The third-order valence-electron chi connectivity index (χ3n) is 2.89. The molecule has 0 radical (unpaired) electrons. The van der Waals surface area contributed by atoms with E-state index in [2.05, 4.69) is 6.58 Å². The highest BCUT2D eigenvalue weighted by molar-refractivity contribution is 5.82. The molecule has 0 amide bonds. The molecule has 0 saturated carbocycles. The van der Waals surface area contributed by atoms with Crippen molar-refractivity contribution >= 4 is 12.4 Å². The van der Waals surface area contributed by atoms with Gasteiger partial charge in [-0.2, -0.15) is 0 Å². The van der Waals surface area contributed by atoms with E-state index in [1.807, 2.05) is 20.8 Å². The molecule has 1 aromatic carbocycles. The Bertz CT molecular complexity index is 624. The van der Waals surface area contributed by atoms with E-state index in [1.54, 1.807) is 34.0 Å². The normalized spacial score (nSPS) is 11.1. The zero-order chi connectivity index (χ0) is 20.5. The third kappa shape index (κ3) is 9.32. The van der Waals surface area contributed by atoms with Crippen LogP contribution >= 0.6 is 0 Å². The lowest BCUT2D eigenvalue weighted by Gasteiger charge is -2.20. The molecule has 0 saturated heterocycles. The molecular weight excluding hydrogens is 339 g/mol. The first-order chi connectivity index (χ1) is 11.8. The van der Waals surface area contributed by atoms with Gasteiger partial charge in [-0.25, -0.2) is 9.18 Å². The van der Waals surface area contributed by atoms with Crippen molar-refractivity contribution in [1.82, 2.24) is 0 Å². The van der Waals surface area contributed by atoms with E-state index in [0.29, 0.717) is 18.3 Å². The summed E-state index contributed by atoms with van der Waals surface area (Å²) in [6, 6.07) is 2.58. The molecule has 0 aliphatic carbocycles. The summed E-state index contributed by atoms with van der Waals surface area (Å²) in [6.07, 6.45) is 1.21. The lowest BCUT2D eigenvalue weighted by Crippen LogP contribution is -2.26. The van der Waals surface area contributed by atoms with Crippen LogP contribution in [0.3, 0.4) is 0 Å². The molecule has 0 aliphatic rings. The highest BCUT2D eigenvalue weighted by Crippen LogP contribution is 2.27. The number of benzene rings is 1. The molecule has 26 heavy (non-hydrogen) atoms. The molecule has 5 nitrogen and oxygen atoms in total. The van der Waals surface area contributed by atoms with E-state index < -0.39 is 17.6 Å². The minimum Gasteiger partial charge on any atom is -0.428 e. The fourth-order valence-corrected chi connectivity index (χ4v) is 1.52. The maximum Gasteiger partial charge on any atom is 0.514 e. The standard InChI is InChI=1S/C15H17FO4.C5H12O/c1-5-6-10-7-8-12(16)11(9-17)13(10)19-14(18)20-15(2,3)4;1-5(2,3)6-4/h5,7-9H,1,6H2,2-4H3;1-4H3. The molecule has 0 N–H and O–H groups in total. The molecule has 0 bridgehead atoms. The van der Waals surface area contributed by atoms with E-state index in [4.69, 9.17) is 14.2 Å². The van der Waals surface area contributed by atoms with Crippen LogP contribution < -0.4 is 4.74 Å². The predicted molar refractivity (Wildman–Crippen MR) is 99.3 cm³/mol. The molecule has 1 rings (SSSR count). The summed E-state index contributed by atoms with van der Waals surface area (Å²) in [5.74, 6) is -0.888. The van der Waals surface area contributed by atoms with E-state index in [9.17, 15) is 14.0 Å². The monoisotopic (exact) mass is 368 g/mol. The average molecular weight is 368 g/mol. The maximum atomic E-state index is 13.6. The van der Waals surface area contributed by atoms with Crippen LogP contribution in [0.1, 0.15) is 57.5 Å². The Morgan fingerprint density at radius 3 is 2.08 bits per heavy atom. The molecule has 1 aromatic rings. The molecule has 146 valence electrons. The lowest BCUT2D eigenvalue weighted by molar-refractivity contribution is 0.0203. The minimum atomic E-state index is -0.989. The second-order valence-electron chi connectivity index (χ2n) is 7.44. The van der Waals surface area contributed by atoms with Gasteiger partial charge in [0.1, 0.15) is 11.4 Å². The van der Waals surface area contributed by atoms with Crippen LogP contribution in [0.25, 0.3) is 0 Å². The molecular formula is C20H29FO5. The third-order valence-corrected chi connectivity index (χ3v) is 2.89. The van der Waals surface area contributed by atoms with Crippen LogP contribution in [0.4, 0.5) is 9.18 Å². The Balaban J connectivity index is 0.000000896. The minimum absolute atomic E-state index is 0.0417. The Morgan fingerprint density at radius 2 is 1.69 bits per heavy atom. The molecule has 0 atom stereocenters. The molecule has 0 fully saturated rings. The summed E-state index contributed by atoms with van der Waals surface area (Å²) in [4.78, 5) is 22.6. The molecule has 0 aliphatic heterocycles. The number of carbonyl (C=O) groups excluding carboxylic acids is 2. The summed E-state index contributed by atoms with van der Waals surface area (Å²) in [5, 5.41) is 0. The number of rotatable bonds is 4. The van der Waals surface area contributed by atoms with Gasteiger partial charge in [0.15, 0.2) is 12.0 Å². The summed E-state index contributed by atoms with van der Waals surface area (Å²) in [6.45, 7) is 14.6. The zero-order valence-electron chi connectivity index (χ0n) is 16.6. The Labute approximate surface area is 155 Å². The highest BCUT2D eigenvalue weighted by atomic mass is 19.1. The van der Waals surface area contributed by atoms with Crippen molar-refractivity contribution in [3.05, 3.63) is 41.7 Å². The Hall–Kier alpha value is -2.21. The molecule has 0 unspecified atom stereocenters. The first kappa shape index (κ1) is 23.8. The smallest absolute Gasteiger partial charge is 0.428 e. The van der Waals surface area contributed by atoms with E-state index in [-0.39, 0.29) is 16.9 Å². The Kier molecular flexibility index (Phi) is 9.21. The molecule has 0 heterocycles. The fraction of sp³-hybridized carbons (Fsp3) is 0.500. The number of allylic oxidation sites excluding steroid dienone is 1. The number of hydrogen-bond acceptors (Lipinski definition) is 5. The molecule has 0 aromatic heterocycles. The van der Waals surface area contributed by atoms with Gasteiger partial charge >= 0.3 is 6.16 Å². The fourth-order valence-electron chi connectivity index (χ4n) is 1.52. The van der Waals surface area contributed by atoms with Crippen molar-refractivity contribution in [3.8, 4) is 5.75 Å². The van der Waals surface area contributed by atoms with Crippen molar-refractivity contribution < 1.29 is 28.2 Å². The number of methoxy groups -OCH3 is 1. The van der Waals surface area contributed by atoms with Crippen molar-refractivity contribution in [2.75, 3.05) is 7.11 Å². The summed E-state index contributed by atoms with van der Waals surface area (Å²) < 4.78 is 28.5. The van der Waals surface area contributed by atoms with Crippen molar-refractivity contribution in [3.63, 3.8) is 0 Å². The number of ether oxygens (including phenoxy) is 3. The van der Waals surface area contributed by atoms with E-state index in [1.165, 1.54) is 6.07 Å². The predicted octanol–water partition coefficient (Wildman–Crippen LogP) is 5.11. The summed E-state index contributed by atoms with van der Waals surface area (Å²) in [7, 11) is 1.71. The lowest BCUT2D eigenvalue weighted by atomic mass is 10.1. The van der Waals surface area contributed by atoms with Gasteiger partial charge in [0.25, 0.3) is 0 Å². The van der Waals surface area contributed by atoms with Gasteiger partial charge in [0.2, 0.25) is 0 Å². The van der Waals surface area contributed by atoms with E-state index in [0.717, 1.165) is 6.07 Å². The van der Waals surface area contributed by atoms with Gasteiger partial charge in [0.05, 0.1) is 11.2 Å². The number of aldehydes is 1. The second-order valence-corrected chi connectivity index (χ2v) is 7.44. The van der Waals surface area contributed by atoms with Crippen LogP contribution in [0.5, 0.6) is 5.75 Å². The van der Waals surface area contributed by atoms with Gasteiger partial charge < -0.3 is 14.2 Å². The van der Waals surface area contributed by atoms with Crippen LogP contribution in [0.15, 0.2) is 24.8 Å². The summed E-state index contributed by atoms with van der Waals surface area (Å²) >= 11 is 0. The number of halogens is 1. The van der Waals surface area contributed by atoms with Gasteiger partial charge in [-0.3, -0.25) is 4.79 Å². The van der Waals surface area contributed by atoms with Crippen molar-refractivity contribution in [2.45, 2.75) is 59.2 Å². The maximum absolute atomic E-state index is 13.6. The van der Waals surface area contributed by atoms with Crippen LogP contribution in [0, 0.1) is 5.82 Å². The molecule has 6 heteroatoms. The SMILES string of the molecule is C=CCc1ccc(F)c(C=O)c1OC(=O)OC(C)(C)C.COC(C)(C)C. The van der Waals surface area contributed by atoms with Crippen molar-refractivity contribution in [2.24, 2.45) is 0 Å². The van der Waals surface area contributed by atoms with Crippen LogP contribution in [-0.2, 0) is 15.9 Å². The second kappa shape index (κ2) is 10.1. The number of carbonyl (C=O) groups is 2. The largest absolute Gasteiger partial charge is 0.514 e. The average Bonchev–Trinajstić information content (AvgIpc) is 2.48. The van der Waals surface area contributed by atoms with Gasteiger partial charge in [-0.15, -0.1) is 6.58 Å². The van der Waals surface area contributed by atoms with Gasteiger partial charge in [-0.05, 0) is 59.6 Å². The zero-order valence-corrected chi connectivity index (χ0v) is 16.6. The quantitative estimate of drug-likeness (QED) is 0.320. The molecule has 0 spiro atoms. The van der Waals surface area contributed by atoms with Gasteiger partial charge in [0, 0.05) is 7.11 Å². The number of hydrogen-bond donors (Lipinski definition) is 0. The van der Waals surface area contributed by atoms with E-state index >= 15 is 0 Å². The highest BCUT2D eigenvalue weighted by Gasteiger charge is 2.22. The van der Waals surface area contributed by atoms with Crippen molar-refractivity contribution in [1.29, 1.82) is 0 Å². The first-order valence-corrected chi connectivity index (χ1v) is 8.18. The van der Waals surface area contributed by atoms with Crippen LogP contribution in [-0.4, -0.2) is 30.8 Å². The summed E-state index contributed by atoms with van der Waals surface area (Å²) in [5.41, 5.74) is -0.533. The first-order valence-electron chi connectivity index (χ1n) is 8.18.